The van der Waals surface area contributed by atoms with Crippen molar-refractivity contribution in [1.29, 1.82) is 0 Å². The third-order valence-electron chi connectivity index (χ3n) is 10.3. The number of benzene rings is 8. The van der Waals surface area contributed by atoms with Gasteiger partial charge in [0.1, 0.15) is 11.2 Å². The second kappa shape index (κ2) is 10.4. The van der Waals surface area contributed by atoms with Crippen molar-refractivity contribution in [2.75, 3.05) is 4.90 Å². The minimum absolute atomic E-state index is 0.865. The van der Waals surface area contributed by atoms with Crippen LogP contribution in [0.15, 0.2) is 174 Å². The molecule has 0 unspecified atom stereocenters. The molecule has 234 valence electrons. The molecule has 0 aliphatic heterocycles. The summed E-state index contributed by atoms with van der Waals surface area (Å²) in [6.45, 7) is 0. The first-order valence-electron chi connectivity index (χ1n) is 17.0. The highest BCUT2D eigenvalue weighted by Crippen LogP contribution is 2.50. The Morgan fingerprint density at radius 1 is 0.420 bits per heavy atom. The molecule has 0 aliphatic carbocycles. The van der Waals surface area contributed by atoms with Crippen molar-refractivity contribution in [3.05, 3.63) is 170 Å². The number of nitrogens with one attached hydrogen (secondary N) is 1. The third-order valence-corrected chi connectivity index (χ3v) is 10.3. The maximum atomic E-state index is 6.75. The number of aromatic nitrogens is 2. The average Bonchev–Trinajstić information content (AvgIpc) is 3.86. The van der Waals surface area contributed by atoms with E-state index in [1.54, 1.807) is 0 Å². The van der Waals surface area contributed by atoms with E-state index in [9.17, 15) is 0 Å². The van der Waals surface area contributed by atoms with E-state index in [2.05, 4.69) is 184 Å². The number of H-pyrrole nitrogens is 1. The van der Waals surface area contributed by atoms with Gasteiger partial charge in [0.25, 0.3) is 0 Å². The first-order chi connectivity index (χ1) is 24.8. The zero-order valence-electron chi connectivity index (χ0n) is 27.0. The van der Waals surface area contributed by atoms with Gasteiger partial charge >= 0.3 is 0 Å². The molecule has 3 heterocycles. The summed E-state index contributed by atoms with van der Waals surface area (Å²) in [7, 11) is 0. The predicted octanol–water partition coefficient (Wildman–Crippen LogP) is 12.9. The average molecular weight is 640 g/mol. The second-order valence-electron chi connectivity index (χ2n) is 13.0. The zero-order chi connectivity index (χ0) is 32.8. The molecule has 0 bridgehead atoms. The van der Waals surface area contributed by atoms with Crippen LogP contribution in [0.4, 0.5) is 17.1 Å². The molecule has 0 atom stereocenters. The number of para-hydroxylation sites is 3. The van der Waals surface area contributed by atoms with Crippen molar-refractivity contribution in [2.45, 2.75) is 0 Å². The number of aromatic amines is 1. The van der Waals surface area contributed by atoms with E-state index in [0.717, 1.165) is 66.6 Å². The number of furan rings is 1. The normalized spacial score (nSPS) is 12.0. The summed E-state index contributed by atoms with van der Waals surface area (Å²) in [5.74, 6) is 0. The lowest BCUT2D eigenvalue weighted by Crippen LogP contribution is -2.11. The van der Waals surface area contributed by atoms with Crippen LogP contribution in [0.2, 0.25) is 0 Å². The van der Waals surface area contributed by atoms with Crippen LogP contribution in [0.25, 0.3) is 82.0 Å². The highest BCUT2D eigenvalue weighted by atomic mass is 16.3. The lowest BCUT2D eigenvalue weighted by atomic mass is 10.0. The SMILES string of the molecule is c1ccc(-n2c3ccccc3c3c(N(c4cccc5[nH]c6ccccc6c45)c4cccc5oc6c7ccccc7ccc6c45)cccc32)cc1. The smallest absolute Gasteiger partial charge is 0.143 e. The molecular weight excluding hydrogens is 611 g/mol. The van der Waals surface area contributed by atoms with Crippen molar-refractivity contribution in [1.82, 2.24) is 9.55 Å². The van der Waals surface area contributed by atoms with E-state index in [-0.39, 0.29) is 0 Å². The monoisotopic (exact) mass is 639 g/mol. The van der Waals surface area contributed by atoms with Gasteiger partial charge in [-0.25, -0.2) is 0 Å². The minimum atomic E-state index is 0.865. The number of fused-ring (bicyclic) bond motifs is 11. The van der Waals surface area contributed by atoms with Crippen molar-refractivity contribution in [2.24, 2.45) is 0 Å². The molecule has 50 heavy (non-hydrogen) atoms. The largest absolute Gasteiger partial charge is 0.455 e. The third kappa shape index (κ3) is 3.76. The van der Waals surface area contributed by atoms with Gasteiger partial charge in [0.2, 0.25) is 0 Å². The van der Waals surface area contributed by atoms with E-state index >= 15 is 0 Å². The van der Waals surface area contributed by atoms with E-state index in [1.165, 1.54) is 32.4 Å². The second-order valence-corrected chi connectivity index (χ2v) is 13.0. The molecule has 0 saturated heterocycles. The van der Waals surface area contributed by atoms with Gasteiger partial charge in [-0.3, -0.25) is 0 Å². The quantitative estimate of drug-likeness (QED) is 0.208. The van der Waals surface area contributed by atoms with Gasteiger partial charge in [-0.1, -0.05) is 103 Å². The fraction of sp³-hybridized carbons (Fsp3) is 0. The molecule has 8 aromatic carbocycles. The topological polar surface area (TPSA) is 37.1 Å². The van der Waals surface area contributed by atoms with Crippen LogP contribution in [0.3, 0.4) is 0 Å². The zero-order valence-corrected chi connectivity index (χ0v) is 27.0. The lowest BCUT2D eigenvalue weighted by molar-refractivity contribution is 0.672. The van der Waals surface area contributed by atoms with E-state index in [1.807, 2.05) is 0 Å². The Labute approximate surface area is 287 Å². The van der Waals surface area contributed by atoms with Crippen molar-refractivity contribution in [3.8, 4) is 5.69 Å². The van der Waals surface area contributed by atoms with Crippen molar-refractivity contribution in [3.63, 3.8) is 0 Å². The van der Waals surface area contributed by atoms with E-state index < -0.39 is 0 Å². The summed E-state index contributed by atoms with van der Waals surface area (Å²) < 4.78 is 9.14. The summed E-state index contributed by atoms with van der Waals surface area (Å²) in [5, 5.41) is 9.25. The molecule has 11 aromatic rings. The molecule has 4 heteroatoms. The van der Waals surface area contributed by atoms with E-state index in [0.29, 0.717) is 0 Å². The Morgan fingerprint density at radius 3 is 1.94 bits per heavy atom. The Balaban J connectivity index is 1.32. The number of nitrogens with zero attached hydrogens (tertiary/aromatic N) is 2. The van der Waals surface area contributed by atoms with Gasteiger partial charge in [-0.15, -0.1) is 0 Å². The van der Waals surface area contributed by atoms with Gasteiger partial charge in [0, 0.05) is 49.0 Å². The first kappa shape index (κ1) is 27.2. The Bertz CT molecular complexity index is 3110. The van der Waals surface area contributed by atoms with Gasteiger partial charge in [-0.05, 0) is 72.1 Å². The van der Waals surface area contributed by atoms with Crippen LogP contribution in [-0.2, 0) is 0 Å². The summed E-state index contributed by atoms with van der Waals surface area (Å²) >= 11 is 0. The number of hydrogen-bond donors (Lipinski definition) is 1. The molecule has 0 radical (unpaired) electrons. The standard InChI is InChI=1S/C46H29N3O/c1-2-14-30(15-3-1)48-37-21-9-7-18-33(37)44-39(48)23-11-24-40(44)49(38-22-10-20-36-43(38)32-17-6-8-19-35(32)47-36)41-25-12-26-42-45(41)34-28-27-29-13-4-5-16-31(29)46(34)50-42/h1-28,47H. The number of rotatable bonds is 4. The van der Waals surface area contributed by atoms with Crippen LogP contribution in [0, 0.1) is 0 Å². The Morgan fingerprint density at radius 2 is 1.06 bits per heavy atom. The highest BCUT2D eigenvalue weighted by molar-refractivity contribution is 6.24. The Hall–Kier alpha value is -6.78. The van der Waals surface area contributed by atoms with Crippen LogP contribution in [-0.4, -0.2) is 9.55 Å². The summed E-state index contributed by atoms with van der Waals surface area (Å²) in [6, 6.07) is 60.7. The van der Waals surface area contributed by atoms with E-state index in [4.69, 9.17) is 4.42 Å². The van der Waals surface area contributed by atoms with Gasteiger partial charge in [-0.2, -0.15) is 0 Å². The number of hydrogen-bond acceptors (Lipinski definition) is 2. The molecule has 11 rings (SSSR count). The van der Waals surface area contributed by atoms with Crippen LogP contribution in [0.1, 0.15) is 0 Å². The van der Waals surface area contributed by atoms with Crippen LogP contribution >= 0.6 is 0 Å². The molecule has 1 N–H and O–H groups in total. The lowest BCUT2D eigenvalue weighted by Gasteiger charge is -2.28. The molecule has 0 spiro atoms. The Kier molecular flexibility index (Phi) is 5.63. The summed E-state index contributed by atoms with van der Waals surface area (Å²) in [4.78, 5) is 6.17. The van der Waals surface area contributed by atoms with Gasteiger partial charge in [0.15, 0.2) is 0 Å². The molecule has 0 fully saturated rings. The van der Waals surface area contributed by atoms with Crippen LogP contribution < -0.4 is 4.90 Å². The summed E-state index contributed by atoms with van der Waals surface area (Å²) in [6.07, 6.45) is 0. The predicted molar refractivity (Wildman–Crippen MR) is 210 cm³/mol. The van der Waals surface area contributed by atoms with Crippen molar-refractivity contribution < 1.29 is 4.42 Å². The highest BCUT2D eigenvalue weighted by Gasteiger charge is 2.26. The maximum Gasteiger partial charge on any atom is 0.143 e. The summed E-state index contributed by atoms with van der Waals surface area (Å²) in [5.41, 5.74) is 10.7. The van der Waals surface area contributed by atoms with Gasteiger partial charge < -0.3 is 18.9 Å². The molecule has 4 nitrogen and oxygen atoms in total. The molecule has 3 aromatic heterocycles. The first-order valence-corrected chi connectivity index (χ1v) is 17.0. The molecule has 0 amide bonds. The number of anilines is 3. The fourth-order valence-corrected chi connectivity index (χ4v) is 8.22. The minimum Gasteiger partial charge on any atom is -0.455 e. The molecule has 0 aliphatic rings. The fourth-order valence-electron chi connectivity index (χ4n) is 8.22. The van der Waals surface area contributed by atoms with Crippen LogP contribution in [0.5, 0.6) is 0 Å². The van der Waals surface area contributed by atoms with Crippen molar-refractivity contribution >= 4 is 93.4 Å². The molecule has 0 saturated carbocycles. The molecular formula is C46H29N3O. The van der Waals surface area contributed by atoms with Gasteiger partial charge in [0.05, 0.1) is 33.5 Å². The maximum absolute atomic E-state index is 6.75.